The number of carbonyl (C=O) groups excluding carboxylic acids is 1. The Morgan fingerprint density at radius 1 is 0.667 bits per heavy atom. The molecular formula is C25H25NO. The molecule has 0 aromatic heterocycles. The van der Waals surface area contributed by atoms with Crippen LogP contribution in [0.2, 0.25) is 0 Å². The van der Waals surface area contributed by atoms with Gasteiger partial charge in [0.2, 0.25) is 5.91 Å². The molecule has 0 radical (unpaired) electrons. The fourth-order valence-electron chi connectivity index (χ4n) is 3.00. The molecule has 0 aliphatic heterocycles. The molecule has 3 rings (SSSR count). The first kappa shape index (κ1) is 18.7. The molecule has 0 bridgehead atoms. The average molecular weight is 355 g/mol. The minimum absolute atomic E-state index is 0.0516. The van der Waals surface area contributed by atoms with Crippen LogP contribution in [0.3, 0.4) is 0 Å². The maximum Gasteiger partial charge on any atom is 0.246 e. The molecule has 136 valence electrons. The van der Waals surface area contributed by atoms with Gasteiger partial charge in [-0.25, -0.2) is 0 Å². The van der Waals surface area contributed by atoms with Crippen molar-refractivity contribution in [2.24, 2.45) is 0 Å². The van der Waals surface area contributed by atoms with Crippen LogP contribution in [0.1, 0.15) is 23.1 Å². The van der Waals surface area contributed by atoms with E-state index in [1.54, 1.807) is 6.08 Å². The Morgan fingerprint density at radius 2 is 1.11 bits per heavy atom. The Bertz CT molecular complexity index is 800. The highest BCUT2D eigenvalue weighted by Gasteiger charge is 2.12. The molecule has 0 aliphatic rings. The standard InChI is InChI=1S/C25H25NO/c27-25(19-11-10-14-22-12-4-1-5-13-22)26(20-23-15-6-2-7-16-23)21-24-17-8-3-9-18-24/h1-9,11-13,15-19H,10,14,20-21H2/b19-11+. The van der Waals surface area contributed by atoms with Crippen LogP contribution in [0.15, 0.2) is 103 Å². The molecule has 0 aliphatic carbocycles. The maximum atomic E-state index is 12.8. The SMILES string of the molecule is O=C(/C=C/CCc1ccccc1)N(Cc1ccccc1)Cc1ccccc1. The fraction of sp³-hybridized carbons (Fsp3) is 0.160. The third-order valence-corrected chi connectivity index (χ3v) is 4.45. The Kier molecular flexibility index (Phi) is 7.00. The molecule has 3 aromatic carbocycles. The van der Waals surface area contributed by atoms with Crippen molar-refractivity contribution in [3.8, 4) is 0 Å². The molecule has 2 nitrogen and oxygen atoms in total. The molecule has 0 unspecified atom stereocenters. The molecule has 0 saturated heterocycles. The average Bonchev–Trinajstić information content (AvgIpc) is 2.73. The second-order valence-electron chi connectivity index (χ2n) is 6.59. The molecule has 0 saturated carbocycles. The van der Waals surface area contributed by atoms with Crippen molar-refractivity contribution in [2.75, 3.05) is 0 Å². The van der Waals surface area contributed by atoms with E-state index in [-0.39, 0.29) is 5.91 Å². The van der Waals surface area contributed by atoms with Gasteiger partial charge in [0, 0.05) is 13.1 Å². The van der Waals surface area contributed by atoms with Gasteiger partial charge < -0.3 is 4.90 Å². The minimum Gasteiger partial charge on any atom is -0.331 e. The molecule has 0 atom stereocenters. The molecular weight excluding hydrogens is 330 g/mol. The predicted octanol–water partition coefficient (Wildman–Crippen LogP) is 5.40. The lowest BCUT2D eigenvalue weighted by Gasteiger charge is -2.21. The molecule has 0 heterocycles. The van der Waals surface area contributed by atoms with Crippen LogP contribution in [0.4, 0.5) is 0 Å². The van der Waals surface area contributed by atoms with Gasteiger partial charge in [0.15, 0.2) is 0 Å². The summed E-state index contributed by atoms with van der Waals surface area (Å²) in [6.45, 7) is 1.22. The lowest BCUT2D eigenvalue weighted by molar-refractivity contribution is -0.127. The largest absolute Gasteiger partial charge is 0.331 e. The molecule has 27 heavy (non-hydrogen) atoms. The summed E-state index contributed by atoms with van der Waals surface area (Å²) in [5.74, 6) is 0.0516. The van der Waals surface area contributed by atoms with E-state index in [9.17, 15) is 4.79 Å². The summed E-state index contributed by atoms with van der Waals surface area (Å²) in [6, 6.07) is 30.6. The Balaban J connectivity index is 1.63. The van der Waals surface area contributed by atoms with Crippen molar-refractivity contribution in [1.29, 1.82) is 0 Å². The summed E-state index contributed by atoms with van der Waals surface area (Å²) < 4.78 is 0. The maximum absolute atomic E-state index is 12.8. The second-order valence-corrected chi connectivity index (χ2v) is 6.59. The third kappa shape index (κ3) is 6.27. The molecule has 2 heteroatoms. The van der Waals surface area contributed by atoms with E-state index in [4.69, 9.17) is 0 Å². The number of nitrogens with zero attached hydrogens (tertiary/aromatic N) is 1. The van der Waals surface area contributed by atoms with Gasteiger partial charge in [-0.05, 0) is 35.6 Å². The van der Waals surface area contributed by atoms with Gasteiger partial charge in [-0.2, -0.15) is 0 Å². The summed E-state index contributed by atoms with van der Waals surface area (Å²) in [4.78, 5) is 14.7. The summed E-state index contributed by atoms with van der Waals surface area (Å²) in [6.07, 6.45) is 5.51. The predicted molar refractivity (Wildman–Crippen MR) is 111 cm³/mol. The van der Waals surface area contributed by atoms with E-state index in [0.717, 1.165) is 24.0 Å². The molecule has 0 fully saturated rings. The minimum atomic E-state index is 0.0516. The number of carbonyl (C=O) groups is 1. The molecule has 0 spiro atoms. The van der Waals surface area contributed by atoms with Crippen LogP contribution in [0.5, 0.6) is 0 Å². The smallest absolute Gasteiger partial charge is 0.246 e. The van der Waals surface area contributed by atoms with Gasteiger partial charge in [0.05, 0.1) is 0 Å². The summed E-state index contributed by atoms with van der Waals surface area (Å²) >= 11 is 0. The molecule has 1 amide bonds. The highest BCUT2D eigenvalue weighted by molar-refractivity contribution is 5.87. The normalized spacial score (nSPS) is 10.8. The zero-order chi connectivity index (χ0) is 18.7. The fourth-order valence-corrected chi connectivity index (χ4v) is 3.00. The lowest BCUT2D eigenvalue weighted by atomic mass is 10.1. The van der Waals surface area contributed by atoms with E-state index in [1.165, 1.54) is 5.56 Å². The van der Waals surface area contributed by atoms with Gasteiger partial charge in [0.1, 0.15) is 0 Å². The lowest BCUT2D eigenvalue weighted by Crippen LogP contribution is -2.28. The van der Waals surface area contributed by atoms with E-state index in [2.05, 4.69) is 36.4 Å². The first-order valence-corrected chi connectivity index (χ1v) is 9.38. The van der Waals surface area contributed by atoms with Gasteiger partial charge in [-0.15, -0.1) is 0 Å². The van der Waals surface area contributed by atoms with Crippen molar-refractivity contribution >= 4 is 5.91 Å². The van der Waals surface area contributed by atoms with Crippen molar-refractivity contribution in [3.05, 3.63) is 120 Å². The van der Waals surface area contributed by atoms with Crippen LogP contribution >= 0.6 is 0 Å². The monoisotopic (exact) mass is 355 g/mol. The van der Waals surface area contributed by atoms with Gasteiger partial charge in [0.25, 0.3) is 0 Å². The first-order valence-electron chi connectivity index (χ1n) is 9.38. The van der Waals surface area contributed by atoms with Gasteiger partial charge >= 0.3 is 0 Å². The highest BCUT2D eigenvalue weighted by Crippen LogP contribution is 2.11. The van der Waals surface area contributed by atoms with E-state index in [0.29, 0.717) is 13.1 Å². The molecule has 0 N–H and O–H groups in total. The summed E-state index contributed by atoms with van der Waals surface area (Å²) in [5, 5.41) is 0. The number of allylic oxidation sites excluding steroid dienone is 1. The Morgan fingerprint density at radius 3 is 1.59 bits per heavy atom. The number of hydrogen-bond donors (Lipinski definition) is 0. The van der Waals surface area contributed by atoms with Crippen LogP contribution in [0.25, 0.3) is 0 Å². The first-order chi connectivity index (χ1) is 13.3. The van der Waals surface area contributed by atoms with Crippen LogP contribution < -0.4 is 0 Å². The molecule has 3 aromatic rings. The van der Waals surface area contributed by atoms with Crippen LogP contribution in [-0.4, -0.2) is 10.8 Å². The van der Waals surface area contributed by atoms with Gasteiger partial charge in [-0.3, -0.25) is 4.79 Å². The van der Waals surface area contributed by atoms with Crippen molar-refractivity contribution in [2.45, 2.75) is 25.9 Å². The summed E-state index contributed by atoms with van der Waals surface area (Å²) in [7, 11) is 0. The summed E-state index contributed by atoms with van der Waals surface area (Å²) in [5.41, 5.74) is 3.57. The van der Waals surface area contributed by atoms with E-state index >= 15 is 0 Å². The number of aryl methyl sites for hydroxylation is 1. The zero-order valence-corrected chi connectivity index (χ0v) is 15.5. The van der Waals surface area contributed by atoms with E-state index < -0.39 is 0 Å². The van der Waals surface area contributed by atoms with Crippen LogP contribution in [-0.2, 0) is 24.3 Å². The third-order valence-electron chi connectivity index (χ3n) is 4.45. The van der Waals surface area contributed by atoms with Crippen molar-refractivity contribution in [1.82, 2.24) is 4.90 Å². The van der Waals surface area contributed by atoms with Crippen LogP contribution in [0, 0.1) is 0 Å². The highest BCUT2D eigenvalue weighted by atomic mass is 16.2. The van der Waals surface area contributed by atoms with Crippen molar-refractivity contribution in [3.63, 3.8) is 0 Å². The topological polar surface area (TPSA) is 20.3 Å². The Labute approximate surface area is 161 Å². The number of rotatable bonds is 8. The van der Waals surface area contributed by atoms with E-state index in [1.807, 2.05) is 65.6 Å². The number of hydrogen-bond acceptors (Lipinski definition) is 1. The quantitative estimate of drug-likeness (QED) is 0.495. The second kappa shape index (κ2) is 10.1. The zero-order valence-electron chi connectivity index (χ0n) is 15.5. The Hall–Kier alpha value is -3.13. The number of benzene rings is 3. The number of amides is 1. The van der Waals surface area contributed by atoms with Gasteiger partial charge in [-0.1, -0.05) is 97.1 Å². The van der Waals surface area contributed by atoms with Crippen molar-refractivity contribution < 1.29 is 4.79 Å².